The molecule has 0 aliphatic carbocycles. The van der Waals surface area contributed by atoms with Crippen LogP contribution in [0.5, 0.6) is 0 Å². The van der Waals surface area contributed by atoms with Gasteiger partial charge in [-0.15, -0.1) is 5.10 Å². The number of hydrogen-bond acceptors (Lipinski definition) is 8. The van der Waals surface area contributed by atoms with Gasteiger partial charge in [-0.05, 0) is 24.7 Å². The normalized spacial score (nSPS) is 14.3. The number of benzene rings is 1. The van der Waals surface area contributed by atoms with Gasteiger partial charge < -0.3 is 20.9 Å². The second-order valence-electron chi connectivity index (χ2n) is 8.24. The van der Waals surface area contributed by atoms with E-state index in [0.717, 1.165) is 35.6 Å². The van der Waals surface area contributed by atoms with Crippen molar-refractivity contribution in [2.75, 3.05) is 44.3 Å². The van der Waals surface area contributed by atoms with Crippen LogP contribution in [-0.4, -0.2) is 79.6 Å². The Balaban J connectivity index is 1.38. The lowest BCUT2D eigenvalue weighted by Gasteiger charge is -2.32. The molecule has 4 aromatic rings. The van der Waals surface area contributed by atoms with Crippen LogP contribution in [0.4, 0.5) is 15.9 Å². The van der Waals surface area contributed by atoms with Gasteiger partial charge in [-0.2, -0.15) is 10.2 Å². The minimum Gasteiger partial charge on any atom is -0.381 e. The van der Waals surface area contributed by atoms with Crippen molar-refractivity contribution >= 4 is 29.0 Å². The van der Waals surface area contributed by atoms with Crippen molar-refractivity contribution in [3.05, 3.63) is 66.0 Å². The molecule has 4 heterocycles. The van der Waals surface area contributed by atoms with Crippen LogP contribution in [0.15, 0.2) is 49.1 Å². The van der Waals surface area contributed by atoms with Crippen molar-refractivity contribution in [1.82, 2.24) is 34.6 Å². The molecule has 1 fully saturated rings. The number of nitrogens with zero attached hydrogens (tertiary/aromatic N) is 7. The minimum absolute atomic E-state index is 0.0147. The van der Waals surface area contributed by atoms with Crippen LogP contribution in [0.1, 0.15) is 20.7 Å². The molecule has 1 saturated heterocycles. The van der Waals surface area contributed by atoms with E-state index in [1.54, 1.807) is 24.3 Å². The van der Waals surface area contributed by atoms with Gasteiger partial charge in [0.15, 0.2) is 17.3 Å². The summed E-state index contributed by atoms with van der Waals surface area (Å²) >= 11 is 0. The molecule has 0 radical (unpaired) electrons. The molecular weight excluding hydrogens is 453 g/mol. The van der Waals surface area contributed by atoms with E-state index in [2.05, 4.69) is 30.5 Å². The monoisotopic (exact) mass is 475 g/mol. The summed E-state index contributed by atoms with van der Waals surface area (Å²) in [5.41, 5.74) is 8.33. The molecule has 5 rings (SSSR count). The number of carbonyl (C=O) groups is 2. The molecule has 11 nitrogen and oxygen atoms in total. The number of amides is 2. The third kappa shape index (κ3) is 4.38. The first-order chi connectivity index (χ1) is 16.9. The zero-order valence-electron chi connectivity index (χ0n) is 18.8. The SMILES string of the molecule is CN1CCN(C(=O)c2ccc(-c3cnncc3NC(=O)c3c(N)nn4cc(F)cnc34)cc2)CC1. The number of nitrogen functional groups attached to an aromatic ring is 1. The van der Waals surface area contributed by atoms with E-state index in [-0.39, 0.29) is 22.9 Å². The average Bonchev–Trinajstić information content (AvgIpc) is 3.19. The zero-order valence-corrected chi connectivity index (χ0v) is 18.8. The van der Waals surface area contributed by atoms with E-state index in [1.807, 2.05) is 11.9 Å². The largest absolute Gasteiger partial charge is 0.381 e. The van der Waals surface area contributed by atoms with Crippen molar-refractivity contribution in [2.45, 2.75) is 0 Å². The third-order valence-corrected chi connectivity index (χ3v) is 5.91. The quantitative estimate of drug-likeness (QED) is 0.454. The fourth-order valence-electron chi connectivity index (χ4n) is 3.97. The zero-order chi connectivity index (χ0) is 24.5. The Morgan fingerprint density at radius 3 is 2.49 bits per heavy atom. The van der Waals surface area contributed by atoms with Crippen LogP contribution in [-0.2, 0) is 0 Å². The van der Waals surface area contributed by atoms with Crippen LogP contribution in [0.2, 0.25) is 0 Å². The molecule has 3 N–H and O–H groups in total. The number of anilines is 2. The number of nitrogens with two attached hydrogens (primary N) is 1. The molecule has 0 unspecified atom stereocenters. The number of aromatic nitrogens is 5. The molecule has 1 aliphatic heterocycles. The smallest absolute Gasteiger partial charge is 0.263 e. The molecule has 1 aromatic carbocycles. The molecule has 2 amide bonds. The highest BCUT2D eigenvalue weighted by Gasteiger charge is 2.22. The molecule has 3 aromatic heterocycles. The van der Waals surface area contributed by atoms with Gasteiger partial charge in [-0.25, -0.2) is 13.9 Å². The Morgan fingerprint density at radius 2 is 1.74 bits per heavy atom. The summed E-state index contributed by atoms with van der Waals surface area (Å²) in [6.07, 6.45) is 4.99. The molecule has 0 atom stereocenters. The van der Waals surface area contributed by atoms with Crippen LogP contribution < -0.4 is 11.1 Å². The van der Waals surface area contributed by atoms with E-state index < -0.39 is 11.7 Å². The van der Waals surface area contributed by atoms with Crippen molar-refractivity contribution < 1.29 is 14.0 Å². The summed E-state index contributed by atoms with van der Waals surface area (Å²) in [7, 11) is 2.04. The Labute approximate surface area is 199 Å². The molecule has 0 bridgehead atoms. The lowest BCUT2D eigenvalue weighted by molar-refractivity contribution is 0.0664. The molecule has 1 aliphatic rings. The topological polar surface area (TPSA) is 135 Å². The Hall–Kier alpha value is -4.45. The van der Waals surface area contributed by atoms with Crippen LogP contribution in [0, 0.1) is 5.82 Å². The summed E-state index contributed by atoms with van der Waals surface area (Å²) < 4.78 is 14.6. The maximum Gasteiger partial charge on any atom is 0.263 e. The number of halogens is 1. The van der Waals surface area contributed by atoms with Crippen molar-refractivity contribution in [3.8, 4) is 11.1 Å². The highest BCUT2D eigenvalue weighted by atomic mass is 19.1. The van der Waals surface area contributed by atoms with E-state index in [4.69, 9.17) is 5.73 Å². The number of rotatable bonds is 4. The number of likely N-dealkylation sites (N-methyl/N-ethyl adjacent to an activating group) is 1. The van der Waals surface area contributed by atoms with Gasteiger partial charge in [-0.3, -0.25) is 9.59 Å². The summed E-state index contributed by atoms with van der Waals surface area (Å²) in [5, 5.41) is 14.5. The van der Waals surface area contributed by atoms with Gasteiger partial charge in [0.05, 0.1) is 30.5 Å². The first kappa shape index (κ1) is 22.3. The fourth-order valence-corrected chi connectivity index (χ4v) is 3.97. The molecule has 35 heavy (non-hydrogen) atoms. The second-order valence-corrected chi connectivity index (χ2v) is 8.24. The summed E-state index contributed by atoms with van der Waals surface area (Å²) in [5.74, 6) is -1.29. The lowest BCUT2D eigenvalue weighted by atomic mass is 10.0. The van der Waals surface area contributed by atoms with Gasteiger partial charge >= 0.3 is 0 Å². The third-order valence-electron chi connectivity index (χ3n) is 5.91. The lowest BCUT2D eigenvalue weighted by Crippen LogP contribution is -2.47. The molecule has 0 saturated carbocycles. The van der Waals surface area contributed by atoms with Crippen LogP contribution >= 0.6 is 0 Å². The molecule has 12 heteroatoms. The maximum atomic E-state index is 13.5. The van der Waals surface area contributed by atoms with Gasteiger partial charge in [0.25, 0.3) is 11.8 Å². The highest BCUT2D eigenvalue weighted by molar-refractivity contribution is 6.12. The van der Waals surface area contributed by atoms with Gasteiger partial charge in [0.1, 0.15) is 5.56 Å². The number of fused-ring (bicyclic) bond motifs is 1. The van der Waals surface area contributed by atoms with Crippen molar-refractivity contribution in [3.63, 3.8) is 0 Å². The molecule has 0 spiro atoms. The first-order valence-electron chi connectivity index (χ1n) is 10.9. The predicted octanol–water partition coefficient (Wildman–Crippen LogP) is 1.55. The van der Waals surface area contributed by atoms with E-state index in [9.17, 15) is 14.0 Å². The van der Waals surface area contributed by atoms with E-state index >= 15 is 0 Å². The Morgan fingerprint density at radius 1 is 1.03 bits per heavy atom. The minimum atomic E-state index is -0.609. The Kier molecular flexibility index (Phi) is 5.79. The maximum absolute atomic E-state index is 13.5. The second kappa shape index (κ2) is 9.06. The van der Waals surface area contributed by atoms with Crippen LogP contribution in [0.3, 0.4) is 0 Å². The van der Waals surface area contributed by atoms with E-state index in [1.165, 1.54) is 12.4 Å². The fraction of sp³-hybridized carbons (Fsp3) is 0.217. The molecule has 178 valence electrons. The summed E-state index contributed by atoms with van der Waals surface area (Å²) in [4.78, 5) is 33.8. The summed E-state index contributed by atoms with van der Waals surface area (Å²) in [6.45, 7) is 3.07. The highest BCUT2D eigenvalue weighted by Crippen LogP contribution is 2.28. The van der Waals surface area contributed by atoms with Crippen LogP contribution in [0.25, 0.3) is 16.8 Å². The van der Waals surface area contributed by atoms with Gasteiger partial charge in [-0.1, -0.05) is 12.1 Å². The van der Waals surface area contributed by atoms with Gasteiger partial charge in [0, 0.05) is 37.3 Å². The molecular formula is C23H22FN9O2. The predicted molar refractivity (Wildman–Crippen MR) is 126 cm³/mol. The number of carbonyl (C=O) groups excluding carboxylic acids is 2. The average molecular weight is 475 g/mol. The van der Waals surface area contributed by atoms with Crippen molar-refractivity contribution in [1.29, 1.82) is 0 Å². The summed E-state index contributed by atoms with van der Waals surface area (Å²) in [6, 6.07) is 7.10. The van der Waals surface area contributed by atoms with Gasteiger partial charge in [0.2, 0.25) is 0 Å². The number of nitrogens with one attached hydrogen (secondary N) is 1. The van der Waals surface area contributed by atoms with Crippen molar-refractivity contribution in [2.24, 2.45) is 0 Å². The number of hydrogen-bond donors (Lipinski definition) is 2. The standard InChI is InChI=1S/C23H22FN9O2/c1-31-6-8-32(9-7-31)23(35)15-4-2-14(3-5-15)17-11-27-28-12-18(17)29-22(34)19-20(25)30-33-13-16(24)10-26-21(19)33/h2-5,10-13H,6-9H2,1H3,(H2,25,30)(H,27,29,34). The van der Waals surface area contributed by atoms with E-state index in [0.29, 0.717) is 29.9 Å². The Bertz CT molecular complexity index is 1410. The number of piperazine rings is 1. The first-order valence-corrected chi connectivity index (χ1v) is 10.9.